The number of β-amino-alcohol motifs (C(OH)–C–C–N with tert-alkyl or cyclic N) is 1. The van der Waals surface area contributed by atoms with Crippen LogP contribution in [0.4, 0.5) is 0 Å². The second-order valence-electron chi connectivity index (χ2n) is 12.6. The van der Waals surface area contributed by atoms with Crippen LogP contribution in [-0.4, -0.2) is 107 Å². The van der Waals surface area contributed by atoms with Gasteiger partial charge < -0.3 is 15.3 Å². The molecule has 0 amide bonds. The minimum Gasteiger partial charge on any atom is -0.392 e. The van der Waals surface area contributed by atoms with Gasteiger partial charge in [-0.3, -0.25) is 14.7 Å². The predicted octanol–water partition coefficient (Wildman–Crippen LogP) is 6.07. The summed E-state index contributed by atoms with van der Waals surface area (Å²) in [4.78, 5) is 7.18. The third-order valence-electron chi connectivity index (χ3n) is 8.44. The van der Waals surface area contributed by atoms with E-state index in [0.717, 1.165) is 71.5 Å². The molecule has 6 heteroatoms. The Morgan fingerprint density at radius 1 is 0.564 bits per heavy atom. The second kappa shape index (κ2) is 25.5. The summed E-state index contributed by atoms with van der Waals surface area (Å²) in [5.41, 5.74) is 0. The lowest BCUT2D eigenvalue weighted by atomic mass is 10.1. The van der Waals surface area contributed by atoms with Crippen molar-refractivity contribution < 1.29 is 15.3 Å². The first-order valence-electron chi connectivity index (χ1n) is 17.2. The van der Waals surface area contributed by atoms with Crippen LogP contribution in [0.1, 0.15) is 136 Å². The Balaban J connectivity index is 2.15. The maximum absolute atomic E-state index is 10.6. The number of piperazine rings is 1. The van der Waals surface area contributed by atoms with Gasteiger partial charge in [0, 0.05) is 58.9 Å². The van der Waals surface area contributed by atoms with Crippen molar-refractivity contribution in [1.82, 2.24) is 14.7 Å². The molecule has 0 saturated carbocycles. The molecule has 0 spiro atoms. The largest absolute Gasteiger partial charge is 0.392 e. The van der Waals surface area contributed by atoms with Gasteiger partial charge in [0.25, 0.3) is 0 Å². The molecule has 1 heterocycles. The van der Waals surface area contributed by atoms with Gasteiger partial charge in [-0.25, -0.2) is 0 Å². The monoisotopic (exact) mass is 556 g/mol. The summed E-state index contributed by atoms with van der Waals surface area (Å²) in [6.45, 7) is 14.4. The average molecular weight is 556 g/mol. The molecule has 3 N–H and O–H groups in total. The standard InChI is InChI=1S/C33H69N3O3/c1-4-6-8-10-12-14-16-18-20-32(38)29-35-25-22-34(23-26-35)24-27-36(28-31(3)37)30-33(39)21-19-17-15-13-11-9-7-5-2/h31-33,37-39H,4-30H2,1-3H3/t31-,32-,33-/m0/s1. The zero-order valence-corrected chi connectivity index (χ0v) is 26.5. The Kier molecular flexibility index (Phi) is 24.0. The van der Waals surface area contributed by atoms with E-state index >= 15 is 0 Å². The van der Waals surface area contributed by atoms with E-state index in [0.29, 0.717) is 13.1 Å². The number of aliphatic hydroxyl groups is 3. The van der Waals surface area contributed by atoms with Crippen molar-refractivity contribution in [2.45, 2.75) is 155 Å². The van der Waals surface area contributed by atoms with Gasteiger partial charge in [-0.1, -0.05) is 117 Å². The molecule has 0 aromatic carbocycles. The lowest BCUT2D eigenvalue weighted by molar-refractivity contribution is 0.0478. The third kappa shape index (κ3) is 22.1. The highest BCUT2D eigenvalue weighted by molar-refractivity contribution is 4.76. The van der Waals surface area contributed by atoms with Gasteiger partial charge in [-0.05, 0) is 19.8 Å². The Hall–Kier alpha value is -0.240. The Labute approximate surface area is 243 Å². The SMILES string of the molecule is CCCCCCCCCC[C@H](O)CN1CCN(CCN(C[C@@H](O)CCCCCCCCCC)C[C@H](C)O)CC1. The normalized spacial score (nSPS) is 17.6. The maximum atomic E-state index is 10.6. The van der Waals surface area contributed by atoms with Crippen LogP contribution in [0.3, 0.4) is 0 Å². The summed E-state index contributed by atoms with van der Waals surface area (Å²) < 4.78 is 0. The average Bonchev–Trinajstić information content (AvgIpc) is 2.91. The summed E-state index contributed by atoms with van der Waals surface area (Å²) in [6.07, 6.45) is 21.8. The van der Waals surface area contributed by atoms with E-state index in [4.69, 9.17) is 0 Å². The molecule has 1 aliphatic rings. The van der Waals surface area contributed by atoms with E-state index in [-0.39, 0.29) is 18.3 Å². The zero-order chi connectivity index (χ0) is 28.6. The van der Waals surface area contributed by atoms with Crippen LogP contribution in [0, 0.1) is 0 Å². The molecule has 1 aliphatic heterocycles. The van der Waals surface area contributed by atoms with Crippen LogP contribution in [0.15, 0.2) is 0 Å². The molecule has 3 atom stereocenters. The third-order valence-corrected chi connectivity index (χ3v) is 8.44. The molecule has 0 aliphatic carbocycles. The van der Waals surface area contributed by atoms with Crippen LogP contribution in [0.25, 0.3) is 0 Å². The Morgan fingerprint density at radius 2 is 1.00 bits per heavy atom. The first kappa shape index (κ1) is 36.8. The fraction of sp³-hybridized carbons (Fsp3) is 1.00. The number of aliphatic hydroxyl groups excluding tert-OH is 3. The van der Waals surface area contributed by atoms with Crippen molar-refractivity contribution in [3.63, 3.8) is 0 Å². The van der Waals surface area contributed by atoms with Crippen LogP contribution >= 0.6 is 0 Å². The van der Waals surface area contributed by atoms with Crippen molar-refractivity contribution in [3.05, 3.63) is 0 Å². The number of unbranched alkanes of at least 4 members (excludes halogenated alkanes) is 14. The van der Waals surface area contributed by atoms with Gasteiger partial charge in [-0.2, -0.15) is 0 Å². The van der Waals surface area contributed by atoms with Crippen LogP contribution in [-0.2, 0) is 0 Å². The minimum absolute atomic E-state index is 0.194. The Bertz CT molecular complexity index is 514. The molecule has 0 aromatic rings. The molecule has 0 bridgehead atoms. The van der Waals surface area contributed by atoms with Gasteiger partial charge in [-0.15, -0.1) is 0 Å². The highest BCUT2D eigenvalue weighted by Gasteiger charge is 2.20. The quantitative estimate of drug-likeness (QED) is 0.107. The summed E-state index contributed by atoms with van der Waals surface area (Å²) in [6, 6.07) is 0. The van der Waals surface area contributed by atoms with Gasteiger partial charge in [0.1, 0.15) is 0 Å². The highest BCUT2D eigenvalue weighted by Crippen LogP contribution is 2.13. The van der Waals surface area contributed by atoms with Crippen LogP contribution < -0.4 is 0 Å². The smallest absolute Gasteiger partial charge is 0.0667 e. The lowest BCUT2D eigenvalue weighted by Crippen LogP contribution is -2.50. The number of nitrogens with zero attached hydrogens (tertiary/aromatic N) is 3. The molecule has 0 radical (unpaired) electrons. The molecule has 0 aromatic heterocycles. The fourth-order valence-electron chi connectivity index (χ4n) is 5.92. The number of rotatable bonds is 27. The van der Waals surface area contributed by atoms with E-state index in [1.807, 2.05) is 6.92 Å². The molecular weight excluding hydrogens is 486 g/mol. The molecule has 1 rings (SSSR count). The van der Waals surface area contributed by atoms with Gasteiger partial charge in [0.15, 0.2) is 0 Å². The Morgan fingerprint density at radius 3 is 1.49 bits per heavy atom. The van der Waals surface area contributed by atoms with Crippen molar-refractivity contribution >= 4 is 0 Å². The molecule has 234 valence electrons. The molecule has 1 fully saturated rings. The maximum Gasteiger partial charge on any atom is 0.0667 e. The van der Waals surface area contributed by atoms with Crippen molar-refractivity contribution in [1.29, 1.82) is 0 Å². The second-order valence-corrected chi connectivity index (χ2v) is 12.6. The predicted molar refractivity (Wildman–Crippen MR) is 167 cm³/mol. The fourth-order valence-corrected chi connectivity index (χ4v) is 5.92. The minimum atomic E-state index is -0.375. The summed E-state index contributed by atoms with van der Waals surface area (Å²) in [5, 5.41) is 31.1. The first-order chi connectivity index (χ1) is 18.9. The summed E-state index contributed by atoms with van der Waals surface area (Å²) in [7, 11) is 0. The molecular formula is C33H69N3O3. The van der Waals surface area contributed by atoms with E-state index in [9.17, 15) is 15.3 Å². The molecule has 1 saturated heterocycles. The van der Waals surface area contributed by atoms with Crippen molar-refractivity contribution in [2.75, 3.05) is 58.9 Å². The van der Waals surface area contributed by atoms with E-state index < -0.39 is 0 Å². The number of hydrogen-bond donors (Lipinski definition) is 3. The summed E-state index contributed by atoms with van der Waals surface area (Å²) in [5.74, 6) is 0. The van der Waals surface area contributed by atoms with E-state index in [2.05, 4.69) is 28.5 Å². The molecule has 6 nitrogen and oxygen atoms in total. The molecule has 39 heavy (non-hydrogen) atoms. The topological polar surface area (TPSA) is 70.4 Å². The zero-order valence-electron chi connectivity index (χ0n) is 26.5. The van der Waals surface area contributed by atoms with E-state index in [1.165, 1.54) is 89.9 Å². The number of hydrogen-bond acceptors (Lipinski definition) is 6. The van der Waals surface area contributed by atoms with Gasteiger partial charge >= 0.3 is 0 Å². The van der Waals surface area contributed by atoms with E-state index in [1.54, 1.807) is 0 Å². The van der Waals surface area contributed by atoms with Crippen LogP contribution in [0.2, 0.25) is 0 Å². The van der Waals surface area contributed by atoms with Gasteiger partial charge in [0.2, 0.25) is 0 Å². The first-order valence-corrected chi connectivity index (χ1v) is 17.2. The highest BCUT2D eigenvalue weighted by atomic mass is 16.3. The molecule has 0 unspecified atom stereocenters. The van der Waals surface area contributed by atoms with Crippen molar-refractivity contribution in [3.8, 4) is 0 Å². The van der Waals surface area contributed by atoms with Crippen molar-refractivity contribution in [2.24, 2.45) is 0 Å². The lowest BCUT2D eigenvalue weighted by Gasteiger charge is -2.37. The van der Waals surface area contributed by atoms with Crippen LogP contribution in [0.5, 0.6) is 0 Å². The summed E-state index contributed by atoms with van der Waals surface area (Å²) >= 11 is 0. The van der Waals surface area contributed by atoms with Gasteiger partial charge in [0.05, 0.1) is 18.3 Å².